The number of aromatic nitrogens is 4. The zero-order chi connectivity index (χ0) is 23.3. The molecule has 11 heteroatoms. The summed E-state index contributed by atoms with van der Waals surface area (Å²) in [6.45, 7) is 3.69. The molecule has 0 bridgehead atoms. The van der Waals surface area contributed by atoms with E-state index < -0.39 is 10.0 Å². The number of rotatable bonds is 10. The minimum absolute atomic E-state index is 0.0577. The maximum absolute atomic E-state index is 12.8. The molecule has 3 aromatic rings. The van der Waals surface area contributed by atoms with E-state index >= 15 is 0 Å². The van der Waals surface area contributed by atoms with Crippen molar-refractivity contribution in [1.29, 1.82) is 0 Å². The maximum atomic E-state index is 12.8. The number of anilines is 1. The largest absolute Gasteiger partial charge is 0.494 e. The van der Waals surface area contributed by atoms with Crippen molar-refractivity contribution in [2.24, 2.45) is 0 Å². The van der Waals surface area contributed by atoms with Gasteiger partial charge in [0.15, 0.2) is 5.82 Å². The fourth-order valence-corrected chi connectivity index (χ4v) is 5.30. The number of halogens is 1. The fourth-order valence-electron chi connectivity index (χ4n) is 3.73. The molecule has 2 N–H and O–H groups in total. The first-order valence-electron chi connectivity index (χ1n) is 11.0. The number of tetrazole rings is 1. The lowest BCUT2D eigenvalue weighted by atomic mass is 10.1. The van der Waals surface area contributed by atoms with E-state index in [4.69, 9.17) is 16.3 Å². The lowest BCUT2D eigenvalue weighted by Crippen LogP contribution is -2.31. The minimum Gasteiger partial charge on any atom is -0.494 e. The first-order valence-corrected chi connectivity index (χ1v) is 12.8. The molecule has 176 valence electrons. The van der Waals surface area contributed by atoms with Crippen molar-refractivity contribution in [1.82, 2.24) is 24.9 Å². The second-order valence-electron chi connectivity index (χ2n) is 7.94. The lowest BCUT2D eigenvalue weighted by Gasteiger charge is -2.23. The normalized spacial score (nSPS) is 15.8. The van der Waals surface area contributed by atoms with E-state index in [0.29, 0.717) is 19.4 Å². The van der Waals surface area contributed by atoms with Gasteiger partial charge in [0.2, 0.25) is 10.0 Å². The van der Waals surface area contributed by atoms with Crippen molar-refractivity contribution >= 4 is 27.3 Å². The third kappa shape index (κ3) is 6.01. The second-order valence-corrected chi connectivity index (χ2v) is 10.1. The number of hydrogen-bond acceptors (Lipinski definition) is 7. The van der Waals surface area contributed by atoms with Crippen LogP contribution in [-0.4, -0.2) is 47.8 Å². The summed E-state index contributed by atoms with van der Waals surface area (Å²) in [4.78, 5) is 0.0577. The Kier molecular flexibility index (Phi) is 7.46. The van der Waals surface area contributed by atoms with Crippen LogP contribution in [0.25, 0.3) is 0 Å². The monoisotopic (exact) mass is 490 g/mol. The molecule has 2 aromatic carbocycles. The number of hydrogen-bond donors (Lipinski definition) is 2. The summed E-state index contributed by atoms with van der Waals surface area (Å²) in [6.07, 6.45) is 3.03. The van der Waals surface area contributed by atoms with Gasteiger partial charge in [-0.25, -0.2) is 17.8 Å². The maximum Gasteiger partial charge on any atom is 0.242 e. The first kappa shape index (κ1) is 23.5. The molecular formula is C22H27ClN6O3S. The molecule has 0 amide bonds. The fraction of sp³-hybridized carbons (Fsp3) is 0.409. The van der Waals surface area contributed by atoms with Gasteiger partial charge in [-0.3, -0.25) is 0 Å². The number of ether oxygens (including phenoxy) is 1. The smallest absolute Gasteiger partial charge is 0.242 e. The average Bonchev–Trinajstić information content (AvgIpc) is 3.26. The van der Waals surface area contributed by atoms with Crippen LogP contribution >= 0.6 is 11.6 Å². The van der Waals surface area contributed by atoms with Gasteiger partial charge in [-0.05, 0) is 65.6 Å². The standard InChI is InChI=1S/C22H27ClN6O3S/c1-2-12-32-19-5-3-4-16(13-19)8-10-24-33(30,31)21-7-6-17(14-20(21)23)25-18-9-11-29-22(15-18)26-27-28-29/h3-7,13-14,18,24-25H,2,8-12,15H2,1H3. The molecule has 1 atom stereocenters. The second kappa shape index (κ2) is 10.5. The molecule has 1 aliphatic heterocycles. The van der Waals surface area contributed by atoms with Gasteiger partial charge in [0.25, 0.3) is 0 Å². The molecule has 1 unspecified atom stereocenters. The Morgan fingerprint density at radius 3 is 2.94 bits per heavy atom. The molecule has 0 saturated carbocycles. The van der Waals surface area contributed by atoms with Crippen molar-refractivity contribution < 1.29 is 13.2 Å². The predicted octanol–water partition coefficient (Wildman–Crippen LogP) is 3.06. The van der Waals surface area contributed by atoms with E-state index in [9.17, 15) is 8.42 Å². The Morgan fingerprint density at radius 1 is 1.24 bits per heavy atom. The number of aryl methyl sites for hydroxylation is 1. The summed E-state index contributed by atoms with van der Waals surface area (Å²) >= 11 is 6.35. The summed E-state index contributed by atoms with van der Waals surface area (Å²) in [6, 6.07) is 12.7. The van der Waals surface area contributed by atoms with Gasteiger partial charge in [-0.15, -0.1) is 5.10 Å². The van der Waals surface area contributed by atoms with Gasteiger partial charge >= 0.3 is 0 Å². The third-order valence-electron chi connectivity index (χ3n) is 5.39. The molecule has 33 heavy (non-hydrogen) atoms. The number of benzene rings is 2. The molecule has 1 aromatic heterocycles. The molecule has 0 aliphatic carbocycles. The van der Waals surface area contributed by atoms with E-state index in [1.165, 1.54) is 6.07 Å². The van der Waals surface area contributed by atoms with E-state index in [2.05, 4.69) is 25.6 Å². The number of nitrogens with one attached hydrogen (secondary N) is 2. The SMILES string of the molecule is CCCOc1cccc(CCNS(=O)(=O)c2ccc(NC3CCn4nnnc4C3)cc2Cl)c1. The van der Waals surface area contributed by atoms with E-state index in [1.54, 1.807) is 16.8 Å². The summed E-state index contributed by atoms with van der Waals surface area (Å²) in [7, 11) is -3.74. The molecule has 0 spiro atoms. The van der Waals surface area contributed by atoms with Crippen LogP contribution in [0.5, 0.6) is 5.75 Å². The van der Waals surface area contributed by atoms with Gasteiger partial charge in [0.1, 0.15) is 10.6 Å². The van der Waals surface area contributed by atoms with Crippen LogP contribution < -0.4 is 14.8 Å². The summed E-state index contributed by atoms with van der Waals surface area (Å²) < 4.78 is 35.7. The molecule has 2 heterocycles. The average molecular weight is 491 g/mol. The minimum atomic E-state index is -3.74. The molecule has 0 radical (unpaired) electrons. The van der Waals surface area contributed by atoms with Gasteiger partial charge in [-0.2, -0.15) is 0 Å². The topological polar surface area (TPSA) is 111 Å². The highest BCUT2D eigenvalue weighted by Gasteiger charge is 2.22. The molecule has 0 fully saturated rings. The van der Waals surface area contributed by atoms with Crippen LogP contribution in [0, 0.1) is 0 Å². The number of sulfonamides is 1. The van der Waals surface area contributed by atoms with Crippen LogP contribution in [0.2, 0.25) is 5.02 Å². The first-order chi connectivity index (χ1) is 15.9. The molecule has 1 aliphatic rings. The van der Waals surface area contributed by atoms with Gasteiger partial charge in [0, 0.05) is 31.2 Å². The predicted molar refractivity (Wildman–Crippen MR) is 126 cm³/mol. The van der Waals surface area contributed by atoms with E-state index in [1.807, 2.05) is 31.2 Å². The molecule has 0 saturated heterocycles. The highest BCUT2D eigenvalue weighted by atomic mass is 35.5. The molecular weight excluding hydrogens is 464 g/mol. The highest BCUT2D eigenvalue weighted by Crippen LogP contribution is 2.26. The Morgan fingerprint density at radius 2 is 2.12 bits per heavy atom. The molecule has 9 nitrogen and oxygen atoms in total. The van der Waals surface area contributed by atoms with Crippen LogP contribution in [0.15, 0.2) is 47.4 Å². The zero-order valence-electron chi connectivity index (χ0n) is 18.4. The van der Waals surface area contributed by atoms with Gasteiger partial charge in [0.05, 0.1) is 11.6 Å². The van der Waals surface area contributed by atoms with Crippen molar-refractivity contribution in [3.05, 3.63) is 58.9 Å². The Bertz CT molecular complexity index is 1200. The van der Waals surface area contributed by atoms with Crippen molar-refractivity contribution in [3.63, 3.8) is 0 Å². The van der Waals surface area contributed by atoms with Gasteiger partial charge in [-0.1, -0.05) is 30.7 Å². The Hall–Kier alpha value is -2.69. The zero-order valence-corrected chi connectivity index (χ0v) is 19.9. The number of fused-ring (bicyclic) bond motifs is 1. The van der Waals surface area contributed by atoms with Crippen molar-refractivity contribution in [3.8, 4) is 5.75 Å². The quantitative estimate of drug-likeness (QED) is 0.449. The Labute approximate surface area is 198 Å². The van der Waals surface area contributed by atoms with E-state index in [0.717, 1.165) is 42.2 Å². The highest BCUT2D eigenvalue weighted by molar-refractivity contribution is 7.89. The van der Waals surface area contributed by atoms with Crippen LogP contribution in [0.3, 0.4) is 0 Å². The lowest BCUT2D eigenvalue weighted by molar-refractivity contribution is 0.317. The molecule has 4 rings (SSSR count). The summed E-state index contributed by atoms with van der Waals surface area (Å²) in [5.41, 5.74) is 1.75. The van der Waals surface area contributed by atoms with E-state index in [-0.39, 0.29) is 22.5 Å². The van der Waals surface area contributed by atoms with Crippen LogP contribution in [-0.2, 0) is 29.4 Å². The van der Waals surface area contributed by atoms with Gasteiger partial charge < -0.3 is 10.1 Å². The van der Waals surface area contributed by atoms with Crippen molar-refractivity contribution in [2.75, 3.05) is 18.5 Å². The van der Waals surface area contributed by atoms with Crippen LogP contribution in [0.1, 0.15) is 31.2 Å². The Balaban J connectivity index is 1.34. The summed E-state index contributed by atoms with van der Waals surface area (Å²) in [5.74, 6) is 1.62. The summed E-state index contributed by atoms with van der Waals surface area (Å²) in [5, 5.41) is 15.2. The van der Waals surface area contributed by atoms with Crippen molar-refractivity contribution in [2.45, 2.75) is 50.1 Å². The number of nitrogens with zero attached hydrogens (tertiary/aromatic N) is 4. The van der Waals surface area contributed by atoms with Crippen LogP contribution in [0.4, 0.5) is 5.69 Å². The third-order valence-corrected chi connectivity index (χ3v) is 7.34.